The number of hydrogen-bond acceptors (Lipinski definition) is 9. The largest absolute Gasteiger partial charge is 0.469 e. The first-order valence-electron chi connectivity index (χ1n) is 11.6. The SMILES string of the molecule is COC(=O)C[C@H]1c2c(ccc3c2OCO3)[C@@]2(C)[C@@H](OC(C)=O)Cc3cc4c(cc3[C@H]2N1C)OCO4. The molecule has 35 heavy (non-hydrogen) atoms. The molecule has 6 rings (SSSR count). The van der Waals surface area contributed by atoms with Gasteiger partial charge in [0.25, 0.3) is 0 Å². The average Bonchev–Trinajstić information content (AvgIpc) is 3.49. The minimum absolute atomic E-state index is 0.111. The van der Waals surface area contributed by atoms with Crippen LogP contribution in [0.25, 0.3) is 0 Å². The zero-order chi connectivity index (χ0) is 24.5. The van der Waals surface area contributed by atoms with Crippen LogP contribution < -0.4 is 18.9 Å². The highest BCUT2D eigenvalue weighted by Crippen LogP contribution is 2.61. The minimum Gasteiger partial charge on any atom is -0.469 e. The smallest absolute Gasteiger partial charge is 0.307 e. The Hall–Kier alpha value is -3.46. The van der Waals surface area contributed by atoms with Gasteiger partial charge in [-0.2, -0.15) is 0 Å². The molecule has 0 unspecified atom stereocenters. The van der Waals surface area contributed by atoms with E-state index < -0.39 is 11.5 Å². The molecule has 0 saturated heterocycles. The van der Waals surface area contributed by atoms with Gasteiger partial charge in [-0.3, -0.25) is 14.5 Å². The van der Waals surface area contributed by atoms with E-state index >= 15 is 0 Å². The van der Waals surface area contributed by atoms with Gasteiger partial charge in [0.05, 0.1) is 18.9 Å². The van der Waals surface area contributed by atoms with Crippen LogP contribution in [0.2, 0.25) is 0 Å². The van der Waals surface area contributed by atoms with Crippen molar-refractivity contribution in [2.24, 2.45) is 0 Å². The van der Waals surface area contributed by atoms with E-state index in [-0.39, 0.29) is 44.0 Å². The van der Waals surface area contributed by atoms with E-state index in [1.165, 1.54) is 14.0 Å². The molecule has 4 atom stereocenters. The number of nitrogens with zero attached hydrogens (tertiary/aromatic N) is 1. The number of fused-ring (bicyclic) bond motifs is 8. The Morgan fingerprint density at radius 1 is 1.09 bits per heavy atom. The summed E-state index contributed by atoms with van der Waals surface area (Å²) in [4.78, 5) is 27.0. The number of likely N-dealkylation sites (N-methyl/N-ethyl adjacent to an activating group) is 1. The summed E-state index contributed by atoms with van der Waals surface area (Å²) in [6, 6.07) is 7.33. The number of benzene rings is 2. The molecule has 9 nitrogen and oxygen atoms in total. The maximum absolute atomic E-state index is 12.6. The van der Waals surface area contributed by atoms with Crippen LogP contribution in [0.4, 0.5) is 0 Å². The molecule has 4 aliphatic rings. The Balaban J connectivity index is 1.61. The van der Waals surface area contributed by atoms with Gasteiger partial charge in [-0.1, -0.05) is 13.0 Å². The normalized spacial score (nSPS) is 27.5. The van der Waals surface area contributed by atoms with Crippen molar-refractivity contribution in [3.05, 3.63) is 46.5 Å². The zero-order valence-corrected chi connectivity index (χ0v) is 20.1. The Bertz CT molecular complexity index is 1240. The van der Waals surface area contributed by atoms with Crippen LogP contribution in [-0.2, 0) is 30.9 Å². The number of rotatable bonds is 3. The van der Waals surface area contributed by atoms with E-state index in [2.05, 4.69) is 11.8 Å². The highest BCUT2D eigenvalue weighted by molar-refractivity contribution is 5.72. The van der Waals surface area contributed by atoms with Crippen molar-refractivity contribution in [1.29, 1.82) is 0 Å². The lowest BCUT2D eigenvalue weighted by Crippen LogP contribution is -2.57. The highest BCUT2D eigenvalue weighted by atomic mass is 16.7. The van der Waals surface area contributed by atoms with Crippen molar-refractivity contribution in [2.75, 3.05) is 27.7 Å². The summed E-state index contributed by atoms with van der Waals surface area (Å²) in [5.41, 5.74) is 3.27. The van der Waals surface area contributed by atoms with E-state index in [1.54, 1.807) is 0 Å². The van der Waals surface area contributed by atoms with Crippen molar-refractivity contribution < 1.29 is 38.0 Å². The number of ether oxygens (including phenoxy) is 6. The molecule has 2 aromatic carbocycles. The molecule has 0 radical (unpaired) electrons. The van der Waals surface area contributed by atoms with Gasteiger partial charge in [-0.05, 0) is 41.9 Å². The summed E-state index contributed by atoms with van der Waals surface area (Å²) in [5.74, 6) is 1.96. The Morgan fingerprint density at radius 3 is 2.54 bits per heavy atom. The van der Waals surface area contributed by atoms with E-state index in [0.29, 0.717) is 29.4 Å². The molecule has 3 aliphatic heterocycles. The first-order valence-corrected chi connectivity index (χ1v) is 11.6. The van der Waals surface area contributed by atoms with Crippen molar-refractivity contribution in [3.8, 4) is 23.0 Å². The lowest BCUT2D eigenvalue weighted by Gasteiger charge is -2.56. The summed E-state index contributed by atoms with van der Waals surface area (Å²) in [5, 5.41) is 0. The molecule has 1 aliphatic carbocycles. The Kier molecular flexibility index (Phi) is 4.90. The van der Waals surface area contributed by atoms with Crippen molar-refractivity contribution in [1.82, 2.24) is 4.90 Å². The average molecular weight is 482 g/mol. The van der Waals surface area contributed by atoms with Gasteiger partial charge >= 0.3 is 11.9 Å². The van der Waals surface area contributed by atoms with Crippen LogP contribution in [0.15, 0.2) is 24.3 Å². The number of carbonyl (C=O) groups is 2. The number of methoxy groups -OCH3 is 1. The van der Waals surface area contributed by atoms with Crippen molar-refractivity contribution >= 4 is 11.9 Å². The fourth-order valence-corrected chi connectivity index (χ4v) is 6.33. The van der Waals surface area contributed by atoms with E-state index in [9.17, 15) is 9.59 Å². The first kappa shape index (κ1) is 22.0. The molecule has 184 valence electrons. The number of esters is 2. The molecule has 2 aromatic rings. The molecule has 0 aromatic heterocycles. The predicted octanol–water partition coefficient (Wildman–Crippen LogP) is 3.18. The summed E-state index contributed by atoms with van der Waals surface area (Å²) in [7, 11) is 3.37. The predicted molar refractivity (Wildman–Crippen MR) is 122 cm³/mol. The zero-order valence-electron chi connectivity index (χ0n) is 20.1. The van der Waals surface area contributed by atoms with Crippen molar-refractivity contribution in [2.45, 2.75) is 50.3 Å². The van der Waals surface area contributed by atoms with Gasteiger partial charge in [-0.25, -0.2) is 0 Å². The molecule has 0 fully saturated rings. The highest BCUT2D eigenvalue weighted by Gasteiger charge is 2.58. The van der Waals surface area contributed by atoms with Gasteiger partial charge < -0.3 is 28.4 Å². The summed E-state index contributed by atoms with van der Waals surface area (Å²) in [6.45, 7) is 3.83. The van der Waals surface area contributed by atoms with Gasteiger partial charge in [0.2, 0.25) is 13.6 Å². The lowest BCUT2D eigenvalue weighted by atomic mass is 9.59. The van der Waals surface area contributed by atoms with Crippen LogP contribution in [0.5, 0.6) is 23.0 Å². The third kappa shape index (κ3) is 3.10. The quantitative estimate of drug-likeness (QED) is 0.613. The number of carbonyl (C=O) groups excluding carboxylic acids is 2. The van der Waals surface area contributed by atoms with Gasteiger partial charge in [0.1, 0.15) is 6.10 Å². The van der Waals surface area contributed by atoms with Crippen LogP contribution in [-0.4, -0.2) is 50.7 Å². The molecule has 0 spiro atoms. The molecular formula is C26H27NO8. The van der Waals surface area contributed by atoms with E-state index in [4.69, 9.17) is 28.4 Å². The minimum atomic E-state index is -0.649. The molecule has 9 heteroatoms. The third-order valence-electron chi connectivity index (χ3n) is 7.86. The maximum atomic E-state index is 12.6. The second kappa shape index (κ2) is 7.78. The molecule has 0 amide bonds. The lowest BCUT2D eigenvalue weighted by molar-refractivity contribution is -0.154. The van der Waals surface area contributed by atoms with E-state index in [0.717, 1.165) is 22.3 Å². The maximum Gasteiger partial charge on any atom is 0.307 e. The fourth-order valence-electron chi connectivity index (χ4n) is 6.33. The third-order valence-corrected chi connectivity index (χ3v) is 7.86. The second-order valence-electron chi connectivity index (χ2n) is 9.61. The van der Waals surface area contributed by atoms with Crippen LogP contribution in [0, 0.1) is 0 Å². The fraction of sp³-hybridized carbons (Fsp3) is 0.462. The summed E-state index contributed by atoms with van der Waals surface area (Å²) in [6.07, 6.45) is 0.186. The molecule has 3 heterocycles. The second-order valence-corrected chi connectivity index (χ2v) is 9.61. The molecule has 0 N–H and O–H groups in total. The molecule has 0 saturated carbocycles. The molecular weight excluding hydrogens is 454 g/mol. The summed E-state index contributed by atoms with van der Waals surface area (Å²) >= 11 is 0. The standard InChI is InChI=1S/C26H27NO8/c1-13(28)35-21-8-14-7-19-20(33-11-32-19)9-15(14)25-26(21,2)16-5-6-18-24(34-12-31-18)23(16)17(27(25)3)10-22(29)30-4/h5-7,9,17,21,25H,8,10-12H2,1-4H3/t17-,21-,25+,26-/m0/s1. The van der Waals surface area contributed by atoms with Gasteiger partial charge in [0.15, 0.2) is 23.0 Å². The van der Waals surface area contributed by atoms with Gasteiger partial charge in [0, 0.05) is 31.0 Å². The van der Waals surface area contributed by atoms with Crippen LogP contribution in [0.3, 0.4) is 0 Å². The van der Waals surface area contributed by atoms with E-state index in [1.807, 2.05) is 31.3 Å². The monoisotopic (exact) mass is 481 g/mol. The van der Waals surface area contributed by atoms with Crippen LogP contribution in [0.1, 0.15) is 54.6 Å². The van der Waals surface area contributed by atoms with Crippen molar-refractivity contribution in [3.63, 3.8) is 0 Å². The number of hydrogen-bond donors (Lipinski definition) is 0. The Morgan fingerprint density at radius 2 is 1.80 bits per heavy atom. The molecule has 0 bridgehead atoms. The first-order chi connectivity index (χ1) is 16.8. The topological polar surface area (TPSA) is 92.8 Å². The Labute approximate surface area is 202 Å². The van der Waals surface area contributed by atoms with Gasteiger partial charge in [-0.15, -0.1) is 0 Å². The summed E-state index contributed by atoms with van der Waals surface area (Å²) < 4.78 is 34.0. The van der Waals surface area contributed by atoms with Crippen LogP contribution >= 0.6 is 0 Å².